The van der Waals surface area contributed by atoms with Crippen molar-refractivity contribution in [3.63, 3.8) is 0 Å². The third-order valence-corrected chi connectivity index (χ3v) is 5.58. The van der Waals surface area contributed by atoms with Crippen molar-refractivity contribution in [2.24, 2.45) is 0 Å². The van der Waals surface area contributed by atoms with Crippen molar-refractivity contribution in [2.75, 3.05) is 0 Å². The molecule has 3 rings (SSSR count). The van der Waals surface area contributed by atoms with Gasteiger partial charge in [-0.1, -0.05) is 35.3 Å². The van der Waals surface area contributed by atoms with Gasteiger partial charge in [0.1, 0.15) is 5.82 Å². The highest BCUT2D eigenvalue weighted by Crippen LogP contribution is 2.32. The lowest BCUT2D eigenvalue weighted by atomic mass is 10.3. The molecule has 2 N–H and O–H groups in total. The van der Waals surface area contributed by atoms with Gasteiger partial charge in [-0.2, -0.15) is 0 Å². The zero-order valence-corrected chi connectivity index (χ0v) is 16.0. The van der Waals surface area contributed by atoms with Gasteiger partial charge in [0, 0.05) is 9.92 Å². The number of nitrogens with one attached hydrogen (secondary N) is 2. The van der Waals surface area contributed by atoms with Crippen molar-refractivity contribution >= 4 is 51.9 Å². The maximum absolute atomic E-state index is 12.5. The Morgan fingerprint density at radius 2 is 1.96 bits per heavy atom. The fourth-order valence-corrected chi connectivity index (χ4v) is 3.81. The molecular formula is C18H17Cl2N3OS. The zero-order valence-electron chi connectivity index (χ0n) is 13.7. The lowest BCUT2D eigenvalue weighted by Gasteiger charge is -2.16. The van der Waals surface area contributed by atoms with Crippen LogP contribution in [0.5, 0.6) is 0 Å². The molecule has 25 heavy (non-hydrogen) atoms. The number of para-hydroxylation sites is 2. The molecule has 2 aromatic carbocycles. The van der Waals surface area contributed by atoms with E-state index in [-0.39, 0.29) is 17.2 Å². The Morgan fingerprint density at radius 1 is 1.20 bits per heavy atom. The highest BCUT2D eigenvalue weighted by atomic mass is 35.5. The first-order valence-corrected chi connectivity index (χ1v) is 9.44. The summed E-state index contributed by atoms with van der Waals surface area (Å²) >= 11 is 13.5. The summed E-state index contributed by atoms with van der Waals surface area (Å²) in [6.45, 7) is 3.74. The summed E-state index contributed by atoms with van der Waals surface area (Å²) in [6, 6.07) is 12.8. The number of benzene rings is 2. The van der Waals surface area contributed by atoms with Crippen LogP contribution >= 0.6 is 35.0 Å². The molecule has 2 atom stereocenters. The summed E-state index contributed by atoms with van der Waals surface area (Å²) in [5.74, 6) is 0.640. The van der Waals surface area contributed by atoms with Crippen molar-refractivity contribution in [1.29, 1.82) is 0 Å². The average molecular weight is 394 g/mol. The van der Waals surface area contributed by atoms with Crippen molar-refractivity contribution in [3.8, 4) is 0 Å². The molecule has 0 radical (unpaired) electrons. The largest absolute Gasteiger partial charge is 0.345 e. The number of aromatic nitrogens is 2. The normalized spacial score (nSPS) is 13.6. The Labute approximate surface area is 160 Å². The Morgan fingerprint density at radius 3 is 2.72 bits per heavy atom. The predicted molar refractivity (Wildman–Crippen MR) is 104 cm³/mol. The van der Waals surface area contributed by atoms with E-state index in [1.165, 1.54) is 11.8 Å². The van der Waals surface area contributed by atoms with Gasteiger partial charge in [0.05, 0.1) is 27.3 Å². The second kappa shape index (κ2) is 7.68. The number of carbonyl (C=O) groups excluding carboxylic acids is 1. The zero-order chi connectivity index (χ0) is 18.0. The van der Waals surface area contributed by atoms with Gasteiger partial charge in [-0.15, -0.1) is 11.8 Å². The third-order valence-electron chi connectivity index (χ3n) is 3.74. The number of amides is 1. The van der Waals surface area contributed by atoms with E-state index in [9.17, 15) is 4.79 Å². The van der Waals surface area contributed by atoms with Crippen molar-refractivity contribution in [3.05, 3.63) is 58.3 Å². The monoisotopic (exact) mass is 393 g/mol. The van der Waals surface area contributed by atoms with Gasteiger partial charge in [-0.25, -0.2) is 4.98 Å². The van der Waals surface area contributed by atoms with E-state index in [0.717, 1.165) is 21.8 Å². The molecule has 1 heterocycles. The number of rotatable bonds is 5. The molecule has 0 saturated heterocycles. The summed E-state index contributed by atoms with van der Waals surface area (Å²) in [4.78, 5) is 21.0. The number of fused-ring (bicyclic) bond motifs is 1. The van der Waals surface area contributed by atoms with E-state index < -0.39 is 0 Å². The van der Waals surface area contributed by atoms with E-state index in [0.29, 0.717) is 10.0 Å². The van der Waals surface area contributed by atoms with Gasteiger partial charge in [0.2, 0.25) is 5.91 Å². The highest BCUT2D eigenvalue weighted by molar-refractivity contribution is 8.00. The highest BCUT2D eigenvalue weighted by Gasteiger charge is 2.20. The predicted octanol–water partition coefficient (Wildman–Crippen LogP) is 5.23. The molecule has 1 aromatic heterocycles. The third kappa shape index (κ3) is 4.29. The van der Waals surface area contributed by atoms with Crippen LogP contribution < -0.4 is 5.32 Å². The van der Waals surface area contributed by atoms with Crippen LogP contribution in [0.15, 0.2) is 47.4 Å². The van der Waals surface area contributed by atoms with Gasteiger partial charge in [-0.05, 0) is 44.2 Å². The quantitative estimate of drug-likeness (QED) is 0.583. The fourth-order valence-electron chi connectivity index (χ4n) is 2.39. The van der Waals surface area contributed by atoms with Gasteiger partial charge in [0.15, 0.2) is 0 Å². The number of imidazole rings is 1. The van der Waals surface area contributed by atoms with Crippen LogP contribution in [0.1, 0.15) is 25.7 Å². The van der Waals surface area contributed by atoms with Crippen LogP contribution in [0, 0.1) is 0 Å². The number of thioether (sulfide) groups is 1. The summed E-state index contributed by atoms with van der Waals surface area (Å²) in [5, 5.41) is 3.84. The lowest BCUT2D eigenvalue weighted by Crippen LogP contribution is -2.33. The van der Waals surface area contributed by atoms with E-state index in [1.807, 2.05) is 38.1 Å². The number of hydrogen-bond donors (Lipinski definition) is 2. The van der Waals surface area contributed by atoms with Crippen LogP contribution in [0.2, 0.25) is 10.0 Å². The van der Waals surface area contributed by atoms with Gasteiger partial charge < -0.3 is 10.3 Å². The minimum atomic E-state index is -0.317. The smallest absolute Gasteiger partial charge is 0.233 e. The van der Waals surface area contributed by atoms with E-state index in [4.69, 9.17) is 23.2 Å². The second-order valence-corrected chi connectivity index (χ2v) is 7.93. The van der Waals surface area contributed by atoms with Crippen LogP contribution in [0.25, 0.3) is 11.0 Å². The van der Waals surface area contributed by atoms with Gasteiger partial charge >= 0.3 is 0 Å². The summed E-state index contributed by atoms with van der Waals surface area (Å²) in [6.07, 6.45) is 0. The SMILES string of the molecule is CC(Sc1cc(Cl)ccc1Cl)C(=O)NC(C)c1nc2ccccc2[nH]1. The Balaban J connectivity index is 1.67. The lowest BCUT2D eigenvalue weighted by molar-refractivity contribution is -0.121. The molecule has 1 amide bonds. The Kier molecular flexibility index (Phi) is 5.57. The molecule has 0 aliphatic rings. The first-order chi connectivity index (χ1) is 11.9. The Bertz CT molecular complexity index is 879. The summed E-state index contributed by atoms with van der Waals surface area (Å²) < 4.78 is 0. The average Bonchev–Trinajstić information content (AvgIpc) is 3.02. The molecule has 0 spiro atoms. The first-order valence-electron chi connectivity index (χ1n) is 7.81. The number of H-pyrrole nitrogens is 1. The summed E-state index contributed by atoms with van der Waals surface area (Å²) in [7, 11) is 0. The molecule has 0 aliphatic heterocycles. The molecular weight excluding hydrogens is 377 g/mol. The number of halogens is 2. The minimum absolute atomic E-state index is 0.0889. The molecule has 4 nitrogen and oxygen atoms in total. The molecule has 0 saturated carbocycles. The minimum Gasteiger partial charge on any atom is -0.345 e. The van der Waals surface area contributed by atoms with Gasteiger partial charge in [0.25, 0.3) is 0 Å². The van der Waals surface area contributed by atoms with Crippen LogP contribution in [0.4, 0.5) is 0 Å². The van der Waals surface area contributed by atoms with Crippen LogP contribution in [-0.2, 0) is 4.79 Å². The molecule has 2 unspecified atom stereocenters. The maximum atomic E-state index is 12.5. The van der Waals surface area contributed by atoms with Crippen molar-refractivity contribution in [1.82, 2.24) is 15.3 Å². The fraction of sp³-hybridized carbons (Fsp3) is 0.222. The van der Waals surface area contributed by atoms with Crippen LogP contribution in [-0.4, -0.2) is 21.1 Å². The Hall–Kier alpha value is -1.69. The van der Waals surface area contributed by atoms with Crippen LogP contribution in [0.3, 0.4) is 0 Å². The molecule has 3 aromatic rings. The topological polar surface area (TPSA) is 57.8 Å². The number of hydrogen-bond acceptors (Lipinski definition) is 3. The molecule has 7 heteroatoms. The first kappa shape index (κ1) is 18.1. The molecule has 0 aliphatic carbocycles. The standard InChI is InChI=1S/C18H17Cl2N3OS/c1-10(17-22-14-5-3-4-6-15(14)23-17)21-18(24)11(2)25-16-9-12(19)7-8-13(16)20/h3-11H,1-2H3,(H,21,24)(H,22,23). The maximum Gasteiger partial charge on any atom is 0.233 e. The van der Waals surface area contributed by atoms with Gasteiger partial charge in [-0.3, -0.25) is 4.79 Å². The number of carbonyl (C=O) groups is 1. The summed E-state index contributed by atoms with van der Waals surface area (Å²) in [5.41, 5.74) is 1.83. The molecule has 0 bridgehead atoms. The second-order valence-electron chi connectivity index (χ2n) is 5.70. The van der Waals surface area contributed by atoms with E-state index in [1.54, 1.807) is 18.2 Å². The van der Waals surface area contributed by atoms with E-state index in [2.05, 4.69) is 15.3 Å². The molecule has 0 fully saturated rings. The number of nitrogens with zero attached hydrogens (tertiary/aromatic N) is 1. The van der Waals surface area contributed by atoms with Crippen molar-refractivity contribution < 1.29 is 4.79 Å². The number of aromatic amines is 1. The molecule has 130 valence electrons. The van der Waals surface area contributed by atoms with Crippen molar-refractivity contribution in [2.45, 2.75) is 30.0 Å². The van der Waals surface area contributed by atoms with E-state index >= 15 is 0 Å².